The molecule has 0 aromatic carbocycles. The smallest absolute Gasteiger partial charge is 0.226 e. The second-order valence-electron chi connectivity index (χ2n) is 7.57. The lowest BCUT2D eigenvalue weighted by molar-refractivity contribution is -0.134. The molecule has 2 amide bonds. The van der Waals surface area contributed by atoms with Crippen molar-refractivity contribution in [3.8, 4) is 0 Å². The van der Waals surface area contributed by atoms with Crippen LogP contribution in [-0.2, 0) is 16.1 Å². The number of carbonyl (C=O) groups excluding carboxylic acids is 2. The summed E-state index contributed by atoms with van der Waals surface area (Å²) in [6, 6.07) is 0. The molecule has 0 bridgehead atoms. The number of nitrogens with zero attached hydrogens (tertiary/aromatic N) is 5. The van der Waals surface area contributed by atoms with Gasteiger partial charge in [0.15, 0.2) is 5.65 Å². The first-order chi connectivity index (χ1) is 13.6. The summed E-state index contributed by atoms with van der Waals surface area (Å²) in [7, 11) is 0. The van der Waals surface area contributed by atoms with Gasteiger partial charge in [-0.2, -0.15) is 5.10 Å². The van der Waals surface area contributed by atoms with Crippen LogP contribution in [0.5, 0.6) is 0 Å². The fourth-order valence-corrected chi connectivity index (χ4v) is 4.15. The zero-order valence-electron chi connectivity index (χ0n) is 16.2. The Hall–Kier alpha value is -2.77. The maximum Gasteiger partial charge on any atom is 0.226 e. The van der Waals surface area contributed by atoms with Crippen LogP contribution in [0.2, 0.25) is 0 Å². The van der Waals surface area contributed by atoms with Crippen LogP contribution in [0, 0.1) is 5.92 Å². The minimum absolute atomic E-state index is 0.0646. The zero-order chi connectivity index (χ0) is 19.5. The van der Waals surface area contributed by atoms with E-state index in [9.17, 15) is 9.59 Å². The third-order valence-electron chi connectivity index (χ3n) is 5.60. The molecule has 2 aliphatic rings. The highest BCUT2D eigenvalue weighted by Gasteiger charge is 2.34. The van der Waals surface area contributed by atoms with Crippen LogP contribution in [0.15, 0.2) is 24.5 Å². The first kappa shape index (κ1) is 18.6. The maximum absolute atomic E-state index is 12.8. The van der Waals surface area contributed by atoms with E-state index in [0.717, 1.165) is 49.1 Å². The molecule has 1 saturated heterocycles. The lowest BCUT2D eigenvalue weighted by Gasteiger charge is -2.24. The Morgan fingerprint density at radius 1 is 1.21 bits per heavy atom. The normalized spacial score (nSPS) is 22.0. The van der Waals surface area contributed by atoms with Gasteiger partial charge in [-0.05, 0) is 25.7 Å². The summed E-state index contributed by atoms with van der Waals surface area (Å²) < 4.78 is 1.81. The van der Waals surface area contributed by atoms with Crippen LogP contribution in [0.1, 0.15) is 44.2 Å². The molecule has 1 aliphatic heterocycles. The Morgan fingerprint density at radius 2 is 2.07 bits per heavy atom. The van der Waals surface area contributed by atoms with Gasteiger partial charge >= 0.3 is 0 Å². The lowest BCUT2D eigenvalue weighted by Crippen LogP contribution is -2.34. The van der Waals surface area contributed by atoms with Crippen LogP contribution >= 0.6 is 0 Å². The summed E-state index contributed by atoms with van der Waals surface area (Å²) in [5, 5.41) is 7.56. The molecule has 148 valence electrons. The number of rotatable bonds is 5. The number of fused-ring (bicyclic) bond motifs is 1. The van der Waals surface area contributed by atoms with E-state index in [4.69, 9.17) is 5.10 Å². The molecule has 1 aliphatic carbocycles. The van der Waals surface area contributed by atoms with Crippen molar-refractivity contribution in [3.63, 3.8) is 0 Å². The molecular weight excluding hydrogens is 356 g/mol. The fourth-order valence-electron chi connectivity index (χ4n) is 4.15. The number of carbonyl (C=O) groups is 2. The monoisotopic (exact) mass is 382 g/mol. The second-order valence-corrected chi connectivity index (χ2v) is 7.57. The molecule has 3 heterocycles. The van der Waals surface area contributed by atoms with Crippen LogP contribution in [-0.4, -0.2) is 56.1 Å². The summed E-state index contributed by atoms with van der Waals surface area (Å²) in [6.45, 7) is 3.99. The molecule has 2 atom stereocenters. The van der Waals surface area contributed by atoms with Crippen LogP contribution < -0.4 is 5.32 Å². The van der Waals surface area contributed by atoms with Crippen molar-refractivity contribution in [2.75, 3.05) is 19.6 Å². The topological polar surface area (TPSA) is 93.0 Å². The number of hydrogen-bond acceptors (Lipinski definition) is 5. The van der Waals surface area contributed by atoms with E-state index >= 15 is 0 Å². The van der Waals surface area contributed by atoms with Gasteiger partial charge in [0.05, 0.1) is 12.2 Å². The van der Waals surface area contributed by atoms with E-state index in [2.05, 4.69) is 27.4 Å². The minimum atomic E-state index is -0.0646. The molecule has 0 saturated carbocycles. The first-order valence-electron chi connectivity index (χ1n) is 9.99. The van der Waals surface area contributed by atoms with Crippen molar-refractivity contribution in [1.29, 1.82) is 0 Å². The molecule has 0 spiro atoms. The van der Waals surface area contributed by atoms with E-state index in [0.29, 0.717) is 19.6 Å². The molecule has 1 fully saturated rings. The number of allylic oxidation sites excluding steroid dienone is 2. The van der Waals surface area contributed by atoms with E-state index < -0.39 is 0 Å². The van der Waals surface area contributed by atoms with Crippen molar-refractivity contribution in [2.45, 2.75) is 45.1 Å². The average Bonchev–Trinajstić information content (AvgIpc) is 3.33. The molecule has 2 aromatic rings. The third kappa shape index (κ3) is 3.76. The quantitative estimate of drug-likeness (QED) is 0.794. The summed E-state index contributed by atoms with van der Waals surface area (Å²) in [4.78, 5) is 34.9. The Morgan fingerprint density at radius 3 is 2.86 bits per heavy atom. The average molecular weight is 382 g/mol. The molecule has 0 radical (unpaired) electrons. The minimum Gasteiger partial charge on any atom is -0.354 e. The Labute approximate surface area is 164 Å². The molecule has 1 N–H and O–H groups in total. The van der Waals surface area contributed by atoms with E-state index in [1.165, 1.54) is 6.92 Å². The van der Waals surface area contributed by atoms with Gasteiger partial charge in [-0.3, -0.25) is 9.59 Å². The van der Waals surface area contributed by atoms with Gasteiger partial charge in [0.2, 0.25) is 11.8 Å². The lowest BCUT2D eigenvalue weighted by atomic mass is 9.93. The largest absolute Gasteiger partial charge is 0.354 e. The number of hydrogen-bond donors (Lipinski definition) is 1. The highest BCUT2D eigenvalue weighted by atomic mass is 16.2. The zero-order valence-corrected chi connectivity index (χ0v) is 16.2. The van der Waals surface area contributed by atoms with Gasteiger partial charge in [-0.15, -0.1) is 0 Å². The predicted octanol–water partition coefficient (Wildman–Crippen LogP) is 1.63. The summed E-state index contributed by atoms with van der Waals surface area (Å²) in [5.74, 6) is 0.498. The standard InChI is InChI=1S/C20H26N6O2/c1-14(27)21-10-12-26-19-18(22-8-9-23-19)17(24-26)16-7-11-25(13-16)20(28)15-5-3-2-4-6-15/h2-3,8-9,15-16H,4-7,10-13H2,1H3,(H,21,27)/t15-,16+/m1/s1. The van der Waals surface area contributed by atoms with Crippen LogP contribution in [0.3, 0.4) is 0 Å². The van der Waals surface area contributed by atoms with Crippen molar-refractivity contribution in [1.82, 2.24) is 30.0 Å². The van der Waals surface area contributed by atoms with Crippen molar-refractivity contribution in [2.24, 2.45) is 5.92 Å². The predicted molar refractivity (Wildman–Crippen MR) is 104 cm³/mol. The van der Waals surface area contributed by atoms with E-state index in [1.54, 1.807) is 12.4 Å². The molecule has 0 unspecified atom stereocenters. The number of aromatic nitrogens is 4. The van der Waals surface area contributed by atoms with Gasteiger partial charge in [0.1, 0.15) is 5.52 Å². The van der Waals surface area contributed by atoms with Gasteiger partial charge < -0.3 is 10.2 Å². The Bertz CT molecular complexity index is 905. The molecule has 4 rings (SSSR count). The Balaban J connectivity index is 1.50. The number of amides is 2. The summed E-state index contributed by atoms with van der Waals surface area (Å²) in [5.41, 5.74) is 2.43. The van der Waals surface area contributed by atoms with E-state index in [1.807, 2.05) is 9.58 Å². The van der Waals surface area contributed by atoms with Crippen LogP contribution in [0.25, 0.3) is 11.2 Å². The maximum atomic E-state index is 12.8. The molecule has 2 aromatic heterocycles. The third-order valence-corrected chi connectivity index (χ3v) is 5.60. The van der Waals surface area contributed by atoms with Gasteiger partial charge in [0, 0.05) is 50.8 Å². The summed E-state index contributed by atoms with van der Waals surface area (Å²) >= 11 is 0. The van der Waals surface area contributed by atoms with Gasteiger partial charge in [-0.1, -0.05) is 12.2 Å². The molecule has 8 nitrogen and oxygen atoms in total. The van der Waals surface area contributed by atoms with Gasteiger partial charge in [0.25, 0.3) is 0 Å². The van der Waals surface area contributed by atoms with Crippen molar-refractivity contribution >= 4 is 23.0 Å². The number of likely N-dealkylation sites (tertiary alicyclic amines) is 1. The van der Waals surface area contributed by atoms with Crippen LogP contribution in [0.4, 0.5) is 0 Å². The number of nitrogens with one attached hydrogen (secondary N) is 1. The van der Waals surface area contributed by atoms with E-state index in [-0.39, 0.29) is 23.7 Å². The molecular formula is C20H26N6O2. The summed E-state index contributed by atoms with van der Waals surface area (Å²) in [6.07, 6.45) is 11.3. The second kappa shape index (κ2) is 8.08. The highest BCUT2D eigenvalue weighted by molar-refractivity contribution is 5.80. The SMILES string of the molecule is CC(=O)NCCn1nc([C@H]2CCN(C(=O)[C@@H]3CC=CCC3)C2)c2nccnc21. The van der Waals surface area contributed by atoms with Crippen molar-refractivity contribution < 1.29 is 9.59 Å². The molecule has 8 heteroatoms. The fraction of sp³-hybridized carbons (Fsp3) is 0.550. The highest BCUT2D eigenvalue weighted by Crippen LogP contribution is 2.32. The Kier molecular flexibility index (Phi) is 5.36. The van der Waals surface area contributed by atoms with Gasteiger partial charge in [-0.25, -0.2) is 14.6 Å². The first-order valence-corrected chi connectivity index (χ1v) is 9.99. The molecule has 28 heavy (non-hydrogen) atoms. The van der Waals surface area contributed by atoms with Crippen molar-refractivity contribution in [3.05, 3.63) is 30.2 Å².